The Bertz CT molecular complexity index is 35.9. The van der Waals surface area contributed by atoms with Gasteiger partial charge in [0.1, 0.15) is 0 Å². The van der Waals surface area contributed by atoms with Gasteiger partial charge in [0, 0.05) is 44.8 Å². The first-order valence-electron chi connectivity index (χ1n) is 0.532. The van der Waals surface area contributed by atoms with Crippen molar-refractivity contribution in [3.63, 3.8) is 0 Å². The van der Waals surface area contributed by atoms with Crippen LogP contribution < -0.4 is 0 Å². The molecule has 7 heteroatoms. The molecule has 0 rings (SSSR count). The Morgan fingerprint density at radius 2 is 1.14 bits per heavy atom. The molecule has 0 heterocycles. The van der Waals surface area contributed by atoms with Crippen molar-refractivity contribution in [1.29, 1.82) is 0 Å². The molecule has 0 bridgehead atoms. The van der Waals surface area contributed by atoms with Gasteiger partial charge in [0.15, 0.2) is 0 Å². The second-order valence-corrected chi connectivity index (χ2v) is 0.692. The number of hydrogen-bond acceptors (Lipinski definition) is 1. The molecule has 0 aromatic rings. The molecule has 0 spiro atoms. The molecule has 50 valence electrons. The second-order valence-electron chi connectivity index (χ2n) is 0.231. The van der Waals surface area contributed by atoms with Crippen molar-refractivity contribution >= 4 is 40.9 Å². The summed E-state index contributed by atoms with van der Waals surface area (Å²) in [5.74, 6) is 0. The van der Waals surface area contributed by atoms with Crippen LogP contribution in [0.5, 0.6) is 0 Å². The molecule has 0 aromatic carbocycles. The van der Waals surface area contributed by atoms with E-state index >= 15 is 0 Å². The molecule has 0 amide bonds. The van der Waals surface area contributed by atoms with Crippen LogP contribution in [-0.2, 0) is 56.1 Å². The van der Waals surface area contributed by atoms with E-state index in [2.05, 4.69) is 0 Å². The fraction of sp³-hybridized carbons (Fsp3) is 0. The summed E-state index contributed by atoms with van der Waals surface area (Å²) in [7, 11) is 0. The monoisotopic (exact) mass is 500 g/mol. The van der Waals surface area contributed by atoms with E-state index < -0.39 is 11.4 Å². The van der Waals surface area contributed by atoms with Gasteiger partial charge in [-0.15, -0.1) is 0 Å². The summed E-state index contributed by atoms with van der Waals surface area (Å²) in [5, 5.41) is 0. The average Bonchev–Trinajstić information content (AvgIpc) is 0.811. The van der Waals surface area contributed by atoms with E-state index in [9.17, 15) is 0 Å². The van der Waals surface area contributed by atoms with E-state index in [1.807, 2.05) is 0 Å². The third kappa shape index (κ3) is 56.4. The molecule has 0 atom stereocenters. The van der Waals surface area contributed by atoms with Gasteiger partial charge in [0.2, 0.25) is 0 Å². The Labute approximate surface area is 97.4 Å². The molecule has 0 aliphatic rings. The molecular weight excluding hydrogens is 497 g/mol. The van der Waals surface area contributed by atoms with E-state index in [0.717, 1.165) is 0 Å². The van der Waals surface area contributed by atoms with Crippen LogP contribution in [-0.4, -0.2) is 42.9 Å². The first kappa shape index (κ1) is 22.7. The van der Waals surface area contributed by atoms with Crippen LogP contribution in [0.1, 0.15) is 0 Å². The van der Waals surface area contributed by atoms with Crippen molar-refractivity contribution in [3.8, 4) is 0 Å². The molecule has 2 radical (unpaired) electrons. The van der Waals surface area contributed by atoms with Crippen LogP contribution in [0.2, 0.25) is 0 Å². The third-order valence-electron chi connectivity index (χ3n) is 0. The number of hydrogen-bond donors (Lipinski definition) is 2. The van der Waals surface area contributed by atoms with Crippen LogP contribution in [0.15, 0.2) is 0 Å². The summed E-state index contributed by atoms with van der Waals surface area (Å²) < 4.78 is 22.8. The summed E-state index contributed by atoms with van der Waals surface area (Å²) in [4.78, 5) is 0. The van der Waals surface area contributed by atoms with Crippen molar-refractivity contribution in [2.45, 2.75) is 0 Å². The summed E-state index contributed by atoms with van der Waals surface area (Å²) in [6.07, 6.45) is 0. The molecule has 7 heavy (non-hydrogen) atoms. The van der Waals surface area contributed by atoms with Gasteiger partial charge in [0.05, 0.1) is 0 Å². The Morgan fingerprint density at radius 1 is 1.14 bits per heavy atom. The molecule has 0 fully saturated rings. The van der Waals surface area contributed by atoms with Crippen molar-refractivity contribution < 1.29 is 58.1 Å². The van der Waals surface area contributed by atoms with Crippen LogP contribution in [0.3, 0.4) is 0 Å². The summed E-state index contributed by atoms with van der Waals surface area (Å²) in [6.45, 7) is 0. The molecule has 0 aromatic heterocycles. The van der Waals surface area contributed by atoms with Gasteiger partial charge in [-0.1, -0.05) is 0 Å². The Kier molecular flexibility index (Phi) is 51.2. The number of rotatable bonds is 0. The SMILES string of the molecule is O=S(O)O.[Au].[Au].[NaH]. The zero-order valence-electron chi connectivity index (χ0n) is 2.31. The molecular formula is H3Au2NaO3S. The van der Waals surface area contributed by atoms with Crippen molar-refractivity contribution in [2.24, 2.45) is 0 Å². The van der Waals surface area contributed by atoms with E-state index in [1.165, 1.54) is 0 Å². The Morgan fingerprint density at radius 3 is 1.14 bits per heavy atom. The van der Waals surface area contributed by atoms with Crippen LogP contribution in [0.4, 0.5) is 0 Å². The van der Waals surface area contributed by atoms with E-state index in [0.29, 0.717) is 0 Å². The summed E-state index contributed by atoms with van der Waals surface area (Å²) >= 11 is -2.61. The molecule has 2 N–H and O–H groups in total. The first-order valence-corrected chi connectivity index (χ1v) is 1.60. The third-order valence-corrected chi connectivity index (χ3v) is 0. The van der Waals surface area contributed by atoms with Gasteiger partial charge in [0.25, 0.3) is 11.4 Å². The standard InChI is InChI=1S/2Au.Na.H2O3S.H/c;;;1-4(2)3;/h;;;(H2,1,2,3);. The average molecular weight is 500 g/mol. The normalized spacial score (nSPS) is 5.00. The Hall–Kier alpha value is 2.55. The minimum absolute atomic E-state index is 0. The molecule has 0 aliphatic carbocycles. The van der Waals surface area contributed by atoms with Gasteiger partial charge >= 0.3 is 29.6 Å². The molecule has 0 aliphatic heterocycles. The van der Waals surface area contributed by atoms with Crippen molar-refractivity contribution in [3.05, 3.63) is 0 Å². The topological polar surface area (TPSA) is 57.5 Å². The van der Waals surface area contributed by atoms with Crippen LogP contribution in [0, 0.1) is 0 Å². The van der Waals surface area contributed by atoms with Crippen molar-refractivity contribution in [2.75, 3.05) is 0 Å². The van der Waals surface area contributed by atoms with Gasteiger partial charge in [-0.3, -0.25) is 9.11 Å². The van der Waals surface area contributed by atoms with E-state index in [4.69, 9.17) is 13.3 Å². The molecule has 0 unspecified atom stereocenters. The predicted molar refractivity (Wildman–Crippen MR) is 20.5 cm³/mol. The van der Waals surface area contributed by atoms with Gasteiger partial charge in [-0.2, -0.15) is 4.21 Å². The molecule has 3 nitrogen and oxygen atoms in total. The fourth-order valence-corrected chi connectivity index (χ4v) is 0. The van der Waals surface area contributed by atoms with E-state index in [1.54, 1.807) is 0 Å². The fourth-order valence-electron chi connectivity index (χ4n) is 0. The van der Waals surface area contributed by atoms with Crippen LogP contribution in [0.25, 0.3) is 0 Å². The molecule has 0 saturated carbocycles. The summed E-state index contributed by atoms with van der Waals surface area (Å²) in [6, 6.07) is 0. The second kappa shape index (κ2) is 15.8. The molecule has 0 saturated heterocycles. The predicted octanol–water partition coefficient (Wildman–Crippen LogP) is -0.972. The first-order chi connectivity index (χ1) is 1.73. The van der Waals surface area contributed by atoms with Gasteiger partial charge in [-0.05, 0) is 0 Å². The van der Waals surface area contributed by atoms with E-state index in [-0.39, 0.29) is 74.3 Å². The quantitative estimate of drug-likeness (QED) is 0.333. The zero-order valence-corrected chi connectivity index (χ0v) is 7.46. The Balaban J connectivity index is -0.0000000150. The summed E-state index contributed by atoms with van der Waals surface area (Å²) in [5.41, 5.74) is 0. The maximum atomic E-state index is 8.67. The van der Waals surface area contributed by atoms with Crippen molar-refractivity contribution in [1.82, 2.24) is 0 Å². The zero-order chi connectivity index (χ0) is 3.58. The van der Waals surface area contributed by atoms with Gasteiger partial charge in [-0.25, -0.2) is 0 Å². The minimum atomic E-state index is -2.61. The van der Waals surface area contributed by atoms with Crippen LogP contribution >= 0.6 is 0 Å². The van der Waals surface area contributed by atoms with Gasteiger partial charge < -0.3 is 0 Å². The maximum absolute atomic E-state index is 8.67.